The number of aromatic nitrogens is 1. The smallest absolute Gasteiger partial charge is 0.368 e. The second-order valence-corrected chi connectivity index (χ2v) is 10.3. The van der Waals surface area contributed by atoms with Gasteiger partial charge in [-0.3, -0.25) is 14.3 Å². The Kier molecular flexibility index (Phi) is 5.16. The second kappa shape index (κ2) is 7.54. The zero-order valence-corrected chi connectivity index (χ0v) is 18.2. The van der Waals surface area contributed by atoms with E-state index in [9.17, 15) is 22.8 Å². The molecule has 2 bridgehead atoms. The molecule has 4 aliphatic carbocycles. The number of nitrogens with one attached hydrogen (secondary N) is 2. The number of thiazole rings is 1. The van der Waals surface area contributed by atoms with Crippen LogP contribution in [0.15, 0.2) is 18.2 Å². The van der Waals surface area contributed by atoms with Crippen LogP contribution in [0.4, 0.5) is 13.2 Å². The normalized spacial score (nSPS) is 30.8. The molecule has 0 saturated heterocycles. The zero-order valence-electron chi connectivity index (χ0n) is 16.6. The Morgan fingerprint density at radius 1 is 1.16 bits per heavy atom. The molecule has 4 saturated carbocycles. The number of carbonyl (C=O) groups is 2. The Balaban J connectivity index is 1.04. The maximum Gasteiger partial charge on any atom is 0.522 e. The van der Waals surface area contributed by atoms with Crippen molar-refractivity contribution in [3.63, 3.8) is 0 Å². The molecule has 2 amide bonds. The maximum absolute atomic E-state index is 12.6. The molecule has 2 aromatic rings. The molecule has 12 heteroatoms. The van der Waals surface area contributed by atoms with Crippen molar-refractivity contribution in [3.8, 4) is 0 Å². The molecule has 2 N–H and O–H groups in total. The molecule has 1 heterocycles. The molecule has 6 rings (SSSR count). The number of halogens is 4. The van der Waals surface area contributed by atoms with E-state index in [2.05, 4.69) is 20.4 Å². The van der Waals surface area contributed by atoms with Gasteiger partial charge in [0.15, 0.2) is 5.01 Å². The van der Waals surface area contributed by atoms with E-state index < -0.39 is 18.6 Å². The summed E-state index contributed by atoms with van der Waals surface area (Å²) in [5.41, 5.74) is -0.00974. The van der Waals surface area contributed by atoms with Crippen LogP contribution in [0.3, 0.4) is 0 Å². The van der Waals surface area contributed by atoms with Gasteiger partial charge in [-0.25, -0.2) is 4.98 Å². The molecule has 4 fully saturated rings. The summed E-state index contributed by atoms with van der Waals surface area (Å²) in [6.45, 7) is -0.210. The molecular formula is C20H19ClF3N3O4S. The van der Waals surface area contributed by atoms with Crippen LogP contribution in [0.2, 0.25) is 5.02 Å². The highest BCUT2D eigenvalue weighted by atomic mass is 35.5. The van der Waals surface area contributed by atoms with Gasteiger partial charge in [0.05, 0.1) is 22.4 Å². The SMILES string of the molecule is O=C(COC1CC(OC(F)(F)F)C1)NC12CC(NC(=O)c3nc4cc(Cl)ccc4s3)(C1)C2. The van der Waals surface area contributed by atoms with Gasteiger partial charge in [0.1, 0.15) is 6.61 Å². The van der Waals surface area contributed by atoms with E-state index in [-0.39, 0.29) is 42.3 Å². The predicted molar refractivity (Wildman–Crippen MR) is 109 cm³/mol. The van der Waals surface area contributed by atoms with Gasteiger partial charge in [-0.1, -0.05) is 11.6 Å². The fourth-order valence-electron chi connectivity index (χ4n) is 4.81. The third-order valence-corrected chi connectivity index (χ3v) is 7.43. The molecule has 4 aliphatic rings. The highest BCUT2D eigenvalue weighted by Crippen LogP contribution is 2.60. The number of fused-ring (bicyclic) bond motifs is 1. The van der Waals surface area contributed by atoms with Crippen LogP contribution in [-0.2, 0) is 14.3 Å². The van der Waals surface area contributed by atoms with Crippen LogP contribution in [0.5, 0.6) is 0 Å². The summed E-state index contributed by atoms with van der Waals surface area (Å²) in [5.74, 6) is -0.557. The molecule has 7 nitrogen and oxygen atoms in total. The van der Waals surface area contributed by atoms with E-state index in [1.165, 1.54) is 11.3 Å². The summed E-state index contributed by atoms with van der Waals surface area (Å²) in [7, 11) is 0. The van der Waals surface area contributed by atoms with Gasteiger partial charge >= 0.3 is 6.36 Å². The Bertz CT molecular complexity index is 1070. The van der Waals surface area contributed by atoms with Gasteiger partial charge in [-0.15, -0.1) is 24.5 Å². The van der Waals surface area contributed by atoms with E-state index in [1.54, 1.807) is 12.1 Å². The van der Waals surface area contributed by atoms with Gasteiger partial charge in [0, 0.05) is 28.9 Å². The van der Waals surface area contributed by atoms with Crippen LogP contribution in [-0.4, -0.2) is 53.1 Å². The van der Waals surface area contributed by atoms with Crippen molar-refractivity contribution in [2.75, 3.05) is 6.61 Å². The first kappa shape index (κ1) is 21.9. The lowest BCUT2D eigenvalue weighted by Gasteiger charge is -2.70. The van der Waals surface area contributed by atoms with E-state index in [0.29, 0.717) is 34.8 Å². The van der Waals surface area contributed by atoms with Crippen molar-refractivity contribution in [2.24, 2.45) is 0 Å². The highest BCUT2D eigenvalue weighted by molar-refractivity contribution is 7.20. The van der Waals surface area contributed by atoms with Gasteiger partial charge in [-0.05, 0) is 37.5 Å². The number of ether oxygens (including phenoxy) is 2. The molecule has 0 atom stereocenters. The minimum absolute atomic E-state index is 0.116. The number of alkyl halides is 3. The van der Waals surface area contributed by atoms with E-state index >= 15 is 0 Å². The van der Waals surface area contributed by atoms with Gasteiger partial charge in [0.2, 0.25) is 5.91 Å². The van der Waals surface area contributed by atoms with Crippen molar-refractivity contribution in [3.05, 3.63) is 28.2 Å². The van der Waals surface area contributed by atoms with Crippen LogP contribution in [0, 0.1) is 0 Å². The average Bonchev–Trinajstić information content (AvgIpc) is 3.02. The number of hydrogen-bond acceptors (Lipinski definition) is 6. The van der Waals surface area contributed by atoms with Crippen molar-refractivity contribution in [1.29, 1.82) is 0 Å². The number of rotatable bonds is 7. The molecule has 1 aromatic heterocycles. The average molecular weight is 490 g/mol. The summed E-state index contributed by atoms with van der Waals surface area (Å²) in [6.07, 6.45) is -3.86. The molecule has 172 valence electrons. The first-order chi connectivity index (χ1) is 15.0. The van der Waals surface area contributed by atoms with E-state index in [0.717, 1.165) is 4.70 Å². The number of benzene rings is 1. The van der Waals surface area contributed by atoms with Crippen molar-refractivity contribution in [1.82, 2.24) is 15.6 Å². The Labute approximate surface area is 189 Å². The lowest BCUT2D eigenvalue weighted by Crippen LogP contribution is -2.84. The van der Waals surface area contributed by atoms with Crippen LogP contribution in [0.1, 0.15) is 41.9 Å². The summed E-state index contributed by atoms with van der Waals surface area (Å²) in [6, 6.07) is 5.29. The Morgan fingerprint density at radius 2 is 1.84 bits per heavy atom. The third-order valence-electron chi connectivity index (χ3n) is 6.16. The number of nitrogens with zero attached hydrogens (tertiary/aromatic N) is 1. The quantitative estimate of drug-likeness (QED) is 0.621. The Morgan fingerprint density at radius 3 is 2.53 bits per heavy atom. The topological polar surface area (TPSA) is 89.5 Å². The minimum atomic E-state index is -4.65. The standard InChI is InChI=1S/C20H19ClF3N3O4S/c21-10-1-2-14-13(3-10)25-17(32-14)16(29)27-19-7-18(8-19,9-19)26-15(28)6-30-11-4-12(5-11)31-20(22,23)24/h1-3,11-12H,4-9H2,(H,26,28)(H,27,29). The number of carbonyl (C=O) groups excluding carboxylic acids is 2. The molecule has 32 heavy (non-hydrogen) atoms. The molecule has 1 aromatic carbocycles. The van der Waals surface area contributed by atoms with Crippen LogP contribution in [0.25, 0.3) is 10.2 Å². The van der Waals surface area contributed by atoms with Crippen molar-refractivity contribution < 1.29 is 32.2 Å². The Hall–Kier alpha value is -1.95. The van der Waals surface area contributed by atoms with Gasteiger partial charge < -0.3 is 15.4 Å². The molecular weight excluding hydrogens is 471 g/mol. The lowest BCUT2D eigenvalue weighted by atomic mass is 9.44. The highest BCUT2D eigenvalue weighted by Gasteiger charge is 2.69. The van der Waals surface area contributed by atoms with E-state index in [4.69, 9.17) is 16.3 Å². The fourth-order valence-corrected chi connectivity index (χ4v) is 5.82. The summed E-state index contributed by atoms with van der Waals surface area (Å²) in [4.78, 5) is 29.1. The van der Waals surface area contributed by atoms with Gasteiger partial charge in [0.25, 0.3) is 5.91 Å². The molecule has 0 radical (unpaired) electrons. The lowest BCUT2D eigenvalue weighted by molar-refractivity contribution is -0.357. The maximum atomic E-state index is 12.6. The molecule has 0 spiro atoms. The first-order valence-corrected chi connectivity index (χ1v) is 11.3. The predicted octanol–water partition coefficient (Wildman–Crippen LogP) is 3.55. The van der Waals surface area contributed by atoms with Crippen molar-refractivity contribution in [2.45, 2.75) is 61.8 Å². The molecule has 0 aliphatic heterocycles. The second-order valence-electron chi connectivity index (χ2n) is 8.81. The largest absolute Gasteiger partial charge is 0.522 e. The zero-order chi connectivity index (χ0) is 22.7. The monoisotopic (exact) mass is 489 g/mol. The first-order valence-electron chi connectivity index (χ1n) is 10.1. The van der Waals surface area contributed by atoms with Crippen LogP contribution < -0.4 is 10.6 Å². The van der Waals surface area contributed by atoms with E-state index in [1.807, 2.05) is 6.07 Å². The van der Waals surface area contributed by atoms with Gasteiger partial charge in [-0.2, -0.15) is 0 Å². The fraction of sp³-hybridized carbons (Fsp3) is 0.550. The van der Waals surface area contributed by atoms with Crippen LogP contribution >= 0.6 is 22.9 Å². The minimum Gasteiger partial charge on any atom is -0.368 e. The summed E-state index contributed by atoms with van der Waals surface area (Å²) in [5, 5.41) is 6.88. The number of amides is 2. The summed E-state index contributed by atoms with van der Waals surface area (Å²) >= 11 is 7.26. The molecule has 0 unspecified atom stereocenters. The number of hydrogen-bond donors (Lipinski definition) is 2. The summed E-state index contributed by atoms with van der Waals surface area (Å²) < 4.78 is 46.5. The van der Waals surface area contributed by atoms with Crippen molar-refractivity contribution >= 4 is 45.0 Å². The third kappa shape index (κ3) is 4.30.